The first-order chi connectivity index (χ1) is 7.40. The quantitative estimate of drug-likeness (QED) is 0.513. The standard InChI is InChI=1S/C11H18N4O/c1-11(2,7-16)15(3)9-6-14-5-4-8(9)10(12)13/h4-6,16H,7H2,1-3H3,(H3,12,13). The minimum absolute atomic E-state index is 0.00186. The maximum atomic E-state index is 9.31. The van der Waals surface area contributed by atoms with Gasteiger partial charge in [-0.3, -0.25) is 10.4 Å². The fourth-order valence-electron chi connectivity index (χ4n) is 1.31. The molecule has 1 aromatic rings. The van der Waals surface area contributed by atoms with Crippen molar-refractivity contribution in [2.75, 3.05) is 18.6 Å². The van der Waals surface area contributed by atoms with E-state index in [-0.39, 0.29) is 12.4 Å². The maximum Gasteiger partial charge on any atom is 0.125 e. The van der Waals surface area contributed by atoms with Gasteiger partial charge in [0.25, 0.3) is 0 Å². The molecule has 0 saturated carbocycles. The number of anilines is 1. The van der Waals surface area contributed by atoms with Crippen molar-refractivity contribution in [2.45, 2.75) is 19.4 Å². The molecule has 88 valence electrons. The number of nitrogen functional groups attached to an aromatic ring is 1. The van der Waals surface area contributed by atoms with Crippen molar-refractivity contribution in [2.24, 2.45) is 5.73 Å². The van der Waals surface area contributed by atoms with Crippen LogP contribution in [-0.4, -0.2) is 35.1 Å². The summed E-state index contributed by atoms with van der Waals surface area (Å²) in [6, 6.07) is 1.70. The van der Waals surface area contributed by atoms with Gasteiger partial charge in [-0.05, 0) is 19.9 Å². The van der Waals surface area contributed by atoms with Gasteiger partial charge in [-0.1, -0.05) is 0 Å². The molecular formula is C11H18N4O. The lowest BCUT2D eigenvalue weighted by Gasteiger charge is -2.36. The molecule has 0 spiro atoms. The molecule has 0 amide bonds. The predicted octanol–water partition coefficient (Wildman–Crippen LogP) is 0.573. The number of nitrogens with zero attached hydrogens (tertiary/aromatic N) is 2. The molecule has 1 heterocycles. The molecule has 0 unspecified atom stereocenters. The van der Waals surface area contributed by atoms with Crippen LogP contribution in [0.25, 0.3) is 0 Å². The monoisotopic (exact) mass is 222 g/mol. The molecule has 0 radical (unpaired) electrons. The van der Waals surface area contributed by atoms with Crippen LogP contribution in [0, 0.1) is 5.41 Å². The SMILES string of the molecule is CN(c1cnccc1C(=N)N)C(C)(C)CO. The summed E-state index contributed by atoms with van der Waals surface area (Å²) in [5.41, 5.74) is 6.45. The predicted molar refractivity (Wildman–Crippen MR) is 64.8 cm³/mol. The highest BCUT2D eigenvalue weighted by molar-refractivity contribution is 6.00. The van der Waals surface area contributed by atoms with Crippen molar-refractivity contribution in [3.63, 3.8) is 0 Å². The topological polar surface area (TPSA) is 86.2 Å². The Hall–Kier alpha value is -1.62. The van der Waals surface area contributed by atoms with Gasteiger partial charge in [0.1, 0.15) is 5.84 Å². The summed E-state index contributed by atoms with van der Waals surface area (Å²) in [5, 5.41) is 16.8. The smallest absolute Gasteiger partial charge is 0.125 e. The molecule has 0 fully saturated rings. The molecule has 0 saturated heterocycles. The van der Waals surface area contributed by atoms with Crippen molar-refractivity contribution in [3.8, 4) is 0 Å². The average Bonchev–Trinajstić information content (AvgIpc) is 2.28. The van der Waals surface area contributed by atoms with Gasteiger partial charge in [-0.15, -0.1) is 0 Å². The molecule has 16 heavy (non-hydrogen) atoms. The van der Waals surface area contributed by atoms with Crippen LogP contribution in [-0.2, 0) is 0 Å². The lowest BCUT2D eigenvalue weighted by atomic mass is 10.0. The van der Waals surface area contributed by atoms with Gasteiger partial charge in [-0.2, -0.15) is 0 Å². The highest BCUT2D eigenvalue weighted by Gasteiger charge is 2.25. The van der Waals surface area contributed by atoms with Gasteiger partial charge >= 0.3 is 0 Å². The lowest BCUT2D eigenvalue weighted by Crippen LogP contribution is -2.45. The third-order valence-electron chi connectivity index (χ3n) is 2.75. The van der Waals surface area contributed by atoms with Gasteiger partial charge in [-0.25, -0.2) is 0 Å². The number of nitrogens with two attached hydrogens (primary N) is 1. The second kappa shape index (κ2) is 4.49. The van der Waals surface area contributed by atoms with Crippen LogP contribution in [0.4, 0.5) is 5.69 Å². The van der Waals surface area contributed by atoms with Crippen LogP contribution in [0.2, 0.25) is 0 Å². The summed E-state index contributed by atoms with van der Waals surface area (Å²) in [7, 11) is 1.85. The summed E-state index contributed by atoms with van der Waals surface area (Å²) in [4.78, 5) is 5.89. The molecule has 5 heteroatoms. The van der Waals surface area contributed by atoms with Gasteiger partial charge < -0.3 is 15.7 Å². The molecule has 4 N–H and O–H groups in total. The van der Waals surface area contributed by atoms with Crippen molar-refractivity contribution >= 4 is 11.5 Å². The lowest BCUT2D eigenvalue weighted by molar-refractivity contribution is 0.216. The van der Waals surface area contributed by atoms with Crippen LogP contribution in [0.3, 0.4) is 0 Å². The number of hydrogen-bond acceptors (Lipinski definition) is 4. The van der Waals surface area contributed by atoms with E-state index >= 15 is 0 Å². The molecule has 5 nitrogen and oxygen atoms in total. The number of rotatable bonds is 4. The minimum atomic E-state index is -0.423. The van der Waals surface area contributed by atoms with Crippen molar-refractivity contribution in [3.05, 3.63) is 24.0 Å². The van der Waals surface area contributed by atoms with E-state index in [0.717, 1.165) is 5.69 Å². The molecule has 0 aromatic carbocycles. The highest BCUT2D eigenvalue weighted by atomic mass is 16.3. The van der Waals surface area contributed by atoms with E-state index in [2.05, 4.69) is 4.98 Å². The molecule has 0 atom stereocenters. The summed E-state index contributed by atoms with van der Waals surface area (Å²) in [6.07, 6.45) is 3.24. The molecule has 0 aliphatic heterocycles. The van der Waals surface area contributed by atoms with E-state index in [1.165, 1.54) is 0 Å². The Morgan fingerprint density at radius 3 is 2.75 bits per heavy atom. The highest BCUT2D eigenvalue weighted by Crippen LogP contribution is 2.24. The molecule has 0 bridgehead atoms. The third-order valence-corrected chi connectivity index (χ3v) is 2.75. The maximum absolute atomic E-state index is 9.31. The van der Waals surface area contributed by atoms with E-state index in [1.54, 1.807) is 18.5 Å². The van der Waals surface area contributed by atoms with Crippen LogP contribution in [0.15, 0.2) is 18.5 Å². The largest absolute Gasteiger partial charge is 0.394 e. The zero-order chi connectivity index (χ0) is 12.3. The first kappa shape index (κ1) is 12.4. The molecule has 1 rings (SSSR count). The summed E-state index contributed by atoms with van der Waals surface area (Å²) >= 11 is 0. The van der Waals surface area contributed by atoms with E-state index in [1.807, 2.05) is 25.8 Å². The number of aliphatic hydroxyl groups excluding tert-OH is 1. The van der Waals surface area contributed by atoms with E-state index < -0.39 is 5.54 Å². The van der Waals surface area contributed by atoms with Gasteiger partial charge in [0.2, 0.25) is 0 Å². The fraction of sp³-hybridized carbons (Fsp3) is 0.455. The molecule has 0 aliphatic carbocycles. The third kappa shape index (κ3) is 2.30. The number of hydrogen-bond donors (Lipinski definition) is 3. The Labute approximate surface area is 95.4 Å². The fourth-order valence-corrected chi connectivity index (χ4v) is 1.31. The van der Waals surface area contributed by atoms with E-state index in [9.17, 15) is 5.11 Å². The van der Waals surface area contributed by atoms with Gasteiger partial charge in [0.05, 0.1) is 24.0 Å². The van der Waals surface area contributed by atoms with Gasteiger partial charge in [0.15, 0.2) is 0 Å². The zero-order valence-electron chi connectivity index (χ0n) is 9.86. The van der Waals surface area contributed by atoms with Crippen LogP contribution in [0.5, 0.6) is 0 Å². The Morgan fingerprint density at radius 1 is 1.62 bits per heavy atom. The molecule has 0 aliphatic rings. The number of nitrogens with one attached hydrogen (secondary N) is 1. The first-order valence-electron chi connectivity index (χ1n) is 5.03. The Balaban J connectivity index is 3.18. The van der Waals surface area contributed by atoms with E-state index in [4.69, 9.17) is 11.1 Å². The Bertz CT molecular complexity index is 389. The average molecular weight is 222 g/mol. The summed E-state index contributed by atoms with van der Waals surface area (Å²) in [6.45, 7) is 3.82. The van der Waals surface area contributed by atoms with Crippen LogP contribution in [0.1, 0.15) is 19.4 Å². The van der Waals surface area contributed by atoms with Crippen molar-refractivity contribution in [1.29, 1.82) is 5.41 Å². The first-order valence-corrected chi connectivity index (χ1v) is 5.03. The van der Waals surface area contributed by atoms with Gasteiger partial charge in [0, 0.05) is 18.8 Å². The van der Waals surface area contributed by atoms with Crippen molar-refractivity contribution in [1.82, 2.24) is 4.98 Å². The van der Waals surface area contributed by atoms with Crippen molar-refractivity contribution < 1.29 is 5.11 Å². The minimum Gasteiger partial charge on any atom is -0.394 e. The second-order valence-corrected chi connectivity index (χ2v) is 4.34. The second-order valence-electron chi connectivity index (χ2n) is 4.34. The molecular weight excluding hydrogens is 204 g/mol. The van der Waals surface area contributed by atoms with Crippen LogP contribution < -0.4 is 10.6 Å². The number of aromatic nitrogens is 1. The van der Waals surface area contributed by atoms with E-state index in [0.29, 0.717) is 5.56 Å². The number of pyridine rings is 1. The normalized spacial score (nSPS) is 11.2. The zero-order valence-corrected chi connectivity index (χ0v) is 9.86. The number of aliphatic hydroxyl groups is 1. The number of amidine groups is 1. The summed E-state index contributed by atoms with van der Waals surface area (Å²) < 4.78 is 0. The Morgan fingerprint density at radius 2 is 2.25 bits per heavy atom. The molecule has 1 aromatic heterocycles. The summed E-state index contributed by atoms with van der Waals surface area (Å²) in [5.74, 6) is -0.00186. The van der Waals surface area contributed by atoms with Crippen LogP contribution >= 0.6 is 0 Å². The number of likely N-dealkylation sites (N-methyl/N-ethyl adjacent to an activating group) is 1. The Kier molecular flexibility index (Phi) is 3.49.